The molecule has 0 bridgehead atoms. The standard InChI is InChI=1S/C18H17N5O3/c24-13-6-4-12(5-7-13)23-14(17(25)26)9-11-10-20-18(22-16(11)23)21-15-3-1-2-8-19-15/h1-3,8-10,12H,4-7H2,(H,25,26)(H,19,20,21,22). The van der Waals surface area contributed by atoms with E-state index in [4.69, 9.17) is 0 Å². The summed E-state index contributed by atoms with van der Waals surface area (Å²) in [5, 5.41) is 13.3. The third kappa shape index (κ3) is 3.01. The molecule has 1 fully saturated rings. The predicted molar refractivity (Wildman–Crippen MR) is 94.5 cm³/mol. The third-order valence-corrected chi connectivity index (χ3v) is 4.58. The number of ketones is 1. The predicted octanol–water partition coefficient (Wildman–Crippen LogP) is 2.95. The molecule has 2 N–H and O–H groups in total. The van der Waals surface area contributed by atoms with Gasteiger partial charge in [0, 0.05) is 36.7 Å². The maximum absolute atomic E-state index is 11.7. The van der Waals surface area contributed by atoms with Crippen molar-refractivity contribution in [2.24, 2.45) is 0 Å². The summed E-state index contributed by atoms with van der Waals surface area (Å²) in [5.74, 6) is 0.159. The molecule has 8 nitrogen and oxygen atoms in total. The zero-order valence-corrected chi connectivity index (χ0v) is 13.9. The van der Waals surface area contributed by atoms with Gasteiger partial charge in [0.05, 0.1) is 0 Å². The van der Waals surface area contributed by atoms with Crippen molar-refractivity contribution in [1.82, 2.24) is 19.5 Å². The van der Waals surface area contributed by atoms with E-state index in [2.05, 4.69) is 20.3 Å². The first-order chi connectivity index (χ1) is 12.6. The smallest absolute Gasteiger partial charge is 0.352 e. The molecule has 0 radical (unpaired) electrons. The van der Waals surface area contributed by atoms with E-state index < -0.39 is 5.97 Å². The van der Waals surface area contributed by atoms with Crippen LogP contribution in [0, 0.1) is 0 Å². The van der Waals surface area contributed by atoms with Crippen molar-refractivity contribution in [3.05, 3.63) is 42.4 Å². The van der Waals surface area contributed by atoms with E-state index in [9.17, 15) is 14.7 Å². The van der Waals surface area contributed by atoms with Crippen LogP contribution in [-0.2, 0) is 4.79 Å². The summed E-state index contributed by atoms with van der Waals surface area (Å²) in [6.45, 7) is 0. The highest BCUT2D eigenvalue weighted by atomic mass is 16.4. The number of carbonyl (C=O) groups excluding carboxylic acids is 1. The molecular weight excluding hydrogens is 334 g/mol. The van der Waals surface area contributed by atoms with Crippen LogP contribution in [0.5, 0.6) is 0 Å². The lowest BCUT2D eigenvalue weighted by atomic mass is 9.94. The van der Waals surface area contributed by atoms with Crippen LogP contribution in [0.15, 0.2) is 36.7 Å². The molecule has 0 atom stereocenters. The Labute approximate surface area is 148 Å². The first kappa shape index (κ1) is 16.2. The summed E-state index contributed by atoms with van der Waals surface area (Å²) >= 11 is 0. The van der Waals surface area contributed by atoms with Crippen LogP contribution in [0.4, 0.5) is 11.8 Å². The van der Waals surface area contributed by atoms with Crippen molar-refractivity contribution >= 4 is 34.6 Å². The highest BCUT2D eigenvalue weighted by Gasteiger charge is 2.26. The molecule has 1 aliphatic carbocycles. The van der Waals surface area contributed by atoms with E-state index in [0.717, 1.165) is 0 Å². The van der Waals surface area contributed by atoms with E-state index in [1.807, 2.05) is 12.1 Å². The van der Waals surface area contributed by atoms with E-state index in [1.165, 1.54) is 0 Å². The molecule has 0 saturated heterocycles. The molecule has 26 heavy (non-hydrogen) atoms. The molecule has 0 amide bonds. The Bertz CT molecular complexity index is 973. The Morgan fingerprint density at radius 1 is 1.23 bits per heavy atom. The zero-order chi connectivity index (χ0) is 18.1. The lowest BCUT2D eigenvalue weighted by Crippen LogP contribution is -2.21. The molecule has 3 aromatic rings. The molecule has 1 saturated carbocycles. The number of hydrogen-bond acceptors (Lipinski definition) is 6. The maximum Gasteiger partial charge on any atom is 0.352 e. The fraction of sp³-hybridized carbons (Fsp3) is 0.278. The van der Waals surface area contributed by atoms with Crippen molar-refractivity contribution in [2.45, 2.75) is 31.7 Å². The molecule has 3 aromatic heterocycles. The van der Waals surface area contributed by atoms with Gasteiger partial charge in [0.15, 0.2) is 0 Å². The van der Waals surface area contributed by atoms with Crippen LogP contribution in [0.3, 0.4) is 0 Å². The molecule has 1 aliphatic rings. The van der Waals surface area contributed by atoms with Gasteiger partial charge in [0.2, 0.25) is 5.95 Å². The number of aromatic carboxylic acids is 1. The summed E-state index contributed by atoms with van der Waals surface area (Å²) in [4.78, 5) is 36.2. The Morgan fingerprint density at radius 2 is 2.04 bits per heavy atom. The maximum atomic E-state index is 11.7. The number of anilines is 2. The largest absolute Gasteiger partial charge is 0.477 e. The number of fused-ring (bicyclic) bond motifs is 1. The molecule has 0 aromatic carbocycles. The second kappa shape index (κ2) is 6.55. The number of carbonyl (C=O) groups is 2. The number of carboxylic acid groups (broad SMARTS) is 1. The lowest BCUT2D eigenvalue weighted by molar-refractivity contribution is -0.120. The van der Waals surface area contributed by atoms with Crippen molar-refractivity contribution < 1.29 is 14.7 Å². The van der Waals surface area contributed by atoms with Crippen LogP contribution in [0.25, 0.3) is 11.0 Å². The first-order valence-electron chi connectivity index (χ1n) is 8.43. The summed E-state index contributed by atoms with van der Waals surface area (Å²) in [6, 6.07) is 6.97. The topological polar surface area (TPSA) is 110 Å². The van der Waals surface area contributed by atoms with E-state index in [-0.39, 0.29) is 17.5 Å². The molecule has 8 heteroatoms. The summed E-state index contributed by atoms with van der Waals surface area (Å²) in [6.07, 6.45) is 5.43. The second-order valence-corrected chi connectivity index (χ2v) is 6.29. The van der Waals surface area contributed by atoms with Crippen LogP contribution < -0.4 is 5.32 Å². The molecule has 0 aliphatic heterocycles. The Hall–Kier alpha value is -3.29. The van der Waals surface area contributed by atoms with Gasteiger partial charge >= 0.3 is 5.97 Å². The highest BCUT2D eigenvalue weighted by Crippen LogP contribution is 2.32. The van der Waals surface area contributed by atoms with Gasteiger partial charge < -0.3 is 15.0 Å². The number of aromatic nitrogens is 4. The van der Waals surface area contributed by atoms with Crippen molar-refractivity contribution in [3.8, 4) is 0 Å². The fourth-order valence-corrected chi connectivity index (χ4v) is 3.34. The molecule has 132 valence electrons. The lowest BCUT2D eigenvalue weighted by Gasteiger charge is -2.24. The first-order valence-corrected chi connectivity index (χ1v) is 8.43. The van der Waals surface area contributed by atoms with E-state index in [1.54, 1.807) is 29.1 Å². The van der Waals surface area contributed by atoms with Gasteiger partial charge in [-0.15, -0.1) is 0 Å². The normalized spacial score (nSPS) is 15.3. The average molecular weight is 351 g/mol. The highest BCUT2D eigenvalue weighted by molar-refractivity contribution is 5.93. The number of hydrogen-bond donors (Lipinski definition) is 2. The molecule has 4 rings (SSSR count). The molecule has 0 spiro atoms. The summed E-state index contributed by atoms with van der Waals surface area (Å²) in [5.41, 5.74) is 0.721. The van der Waals surface area contributed by atoms with Crippen molar-refractivity contribution in [1.29, 1.82) is 0 Å². The number of pyridine rings is 1. The van der Waals surface area contributed by atoms with Crippen LogP contribution >= 0.6 is 0 Å². The van der Waals surface area contributed by atoms with Gasteiger partial charge in [-0.25, -0.2) is 14.8 Å². The Morgan fingerprint density at radius 3 is 2.73 bits per heavy atom. The number of carboxylic acids is 1. The van der Waals surface area contributed by atoms with Crippen molar-refractivity contribution in [2.75, 3.05) is 5.32 Å². The molecular formula is C18H17N5O3. The molecule has 3 heterocycles. The number of nitrogens with one attached hydrogen (secondary N) is 1. The summed E-state index contributed by atoms with van der Waals surface area (Å²) < 4.78 is 1.73. The zero-order valence-electron chi connectivity index (χ0n) is 13.9. The van der Waals surface area contributed by atoms with Crippen LogP contribution in [0.1, 0.15) is 42.2 Å². The van der Waals surface area contributed by atoms with Gasteiger partial charge in [-0.3, -0.25) is 4.79 Å². The second-order valence-electron chi connectivity index (χ2n) is 6.29. The van der Waals surface area contributed by atoms with E-state index in [0.29, 0.717) is 48.5 Å². The quantitative estimate of drug-likeness (QED) is 0.743. The van der Waals surface area contributed by atoms with Gasteiger partial charge in [-0.2, -0.15) is 4.98 Å². The minimum Gasteiger partial charge on any atom is -0.477 e. The minimum absolute atomic E-state index is 0.0612. The van der Waals surface area contributed by atoms with Crippen molar-refractivity contribution in [3.63, 3.8) is 0 Å². The van der Waals surface area contributed by atoms with Crippen LogP contribution in [-0.4, -0.2) is 36.4 Å². The third-order valence-electron chi connectivity index (χ3n) is 4.58. The average Bonchev–Trinajstić information content (AvgIpc) is 3.02. The Kier molecular flexibility index (Phi) is 4.08. The minimum atomic E-state index is -1.01. The van der Waals surface area contributed by atoms with Gasteiger partial charge in [-0.05, 0) is 31.0 Å². The van der Waals surface area contributed by atoms with Gasteiger partial charge in [0.1, 0.15) is 22.9 Å². The number of Topliss-reactive ketones (excluding diaryl/α,β-unsaturated/α-hetero) is 1. The van der Waals surface area contributed by atoms with Gasteiger partial charge in [0.25, 0.3) is 0 Å². The number of rotatable bonds is 4. The fourth-order valence-electron chi connectivity index (χ4n) is 3.34. The monoisotopic (exact) mass is 351 g/mol. The van der Waals surface area contributed by atoms with Crippen LogP contribution in [0.2, 0.25) is 0 Å². The Balaban J connectivity index is 1.77. The summed E-state index contributed by atoms with van der Waals surface area (Å²) in [7, 11) is 0. The SMILES string of the molecule is O=C1CCC(n2c(C(=O)O)cc3cnc(Nc4ccccn4)nc32)CC1. The van der Waals surface area contributed by atoms with Gasteiger partial charge in [-0.1, -0.05) is 6.07 Å². The molecule has 0 unspecified atom stereocenters. The number of nitrogens with zero attached hydrogens (tertiary/aromatic N) is 4. The van der Waals surface area contributed by atoms with E-state index >= 15 is 0 Å².